The fourth-order valence-electron chi connectivity index (χ4n) is 1.57. The van der Waals surface area contributed by atoms with Gasteiger partial charge in [-0.15, -0.1) is 0 Å². The minimum atomic E-state index is -3.28. The van der Waals surface area contributed by atoms with Crippen LogP contribution < -0.4 is 4.72 Å². The summed E-state index contributed by atoms with van der Waals surface area (Å²) >= 11 is 0. The van der Waals surface area contributed by atoms with Crippen LogP contribution in [0, 0.1) is 0 Å². The van der Waals surface area contributed by atoms with Crippen molar-refractivity contribution in [3.05, 3.63) is 35.9 Å². The van der Waals surface area contributed by atoms with E-state index in [9.17, 15) is 8.42 Å². The quantitative estimate of drug-likeness (QED) is 0.701. The standard InChI is InChI=1S/C10H11NO2S/c1-2-8-7-11-14(12,13)10-6-4-3-5-9(8)10/h2-6,11H,7H2,1H3/b8-2-. The lowest BCUT2D eigenvalue weighted by atomic mass is 10.1. The van der Waals surface area contributed by atoms with Crippen LogP contribution in [0.1, 0.15) is 12.5 Å². The zero-order valence-corrected chi connectivity index (χ0v) is 8.64. The first kappa shape index (κ1) is 9.43. The third-order valence-electron chi connectivity index (χ3n) is 2.32. The van der Waals surface area contributed by atoms with Crippen LogP contribution >= 0.6 is 0 Å². The second-order valence-electron chi connectivity index (χ2n) is 3.13. The fourth-order valence-corrected chi connectivity index (χ4v) is 2.82. The van der Waals surface area contributed by atoms with Crippen molar-refractivity contribution in [2.75, 3.05) is 6.54 Å². The molecule has 3 nitrogen and oxygen atoms in total. The number of fused-ring (bicyclic) bond motifs is 1. The number of sulfonamides is 1. The summed E-state index contributed by atoms with van der Waals surface area (Å²) in [6, 6.07) is 7.04. The molecule has 0 unspecified atom stereocenters. The van der Waals surface area contributed by atoms with E-state index < -0.39 is 10.0 Å². The highest BCUT2D eigenvalue weighted by Gasteiger charge is 2.24. The molecule has 4 heteroatoms. The van der Waals surface area contributed by atoms with Gasteiger partial charge in [-0.1, -0.05) is 24.3 Å². The van der Waals surface area contributed by atoms with Gasteiger partial charge >= 0.3 is 0 Å². The van der Waals surface area contributed by atoms with Gasteiger partial charge in [-0.3, -0.25) is 0 Å². The van der Waals surface area contributed by atoms with Crippen molar-refractivity contribution in [1.29, 1.82) is 0 Å². The van der Waals surface area contributed by atoms with Gasteiger partial charge in [0.05, 0.1) is 4.90 Å². The van der Waals surface area contributed by atoms with Crippen LogP contribution in [0.4, 0.5) is 0 Å². The van der Waals surface area contributed by atoms with Crippen LogP contribution in [-0.4, -0.2) is 15.0 Å². The van der Waals surface area contributed by atoms with E-state index in [0.29, 0.717) is 11.4 Å². The summed E-state index contributed by atoms with van der Waals surface area (Å²) in [6.07, 6.45) is 1.93. The fraction of sp³-hybridized carbons (Fsp3) is 0.200. The molecule has 1 N–H and O–H groups in total. The first-order chi connectivity index (χ1) is 6.65. The van der Waals surface area contributed by atoms with Crippen LogP contribution in [0.2, 0.25) is 0 Å². The molecule has 0 saturated heterocycles. The summed E-state index contributed by atoms with van der Waals surface area (Å²) in [6.45, 7) is 2.29. The summed E-state index contributed by atoms with van der Waals surface area (Å²) < 4.78 is 25.7. The van der Waals surface area contributed by atoms with Crippen LogP contribution in [-0.2, 0) is 10.0 Å². The third kappa shape index (κ3) is 1.36. The number of benzene rings is 1. The van der Waals surface area contributed by atoms with Crippen LogP contribution in [0.3, 0.4) is 0 Å². The smallest absolute Gasteiger partial charge is 0.207 e. The van der Waals surface area contributed by atoms with Gasteiger partial charge in [0.15, 0.2) is 0 Å². The van der Waals surface area contributed by atoms with E-state index in [-0.39, 0.29) is 0 Å². The van der Waals surface area contributed by atoms with Crippen molar-refractivity contribution in [3.63, 3.8) is 0 Å². The molecule has 0 aliphatic carbocycles. The lowest BCUT2D eigenvalue weighted by Gasteiger charge is -2.19. The first-order valence-corrected chi connectivity index (χ1v) is 5.88. The van der Waals surface area contributed by atoms with E-state index in [2.05, 4.69) is 4.72 Å². The molecule has 0 saturated carbocycles. The molecular weight excluding hydrogens is 198 g/mol. The first-order valence-electron chi connectivity index (χ1n) is 4.39. The molecule has 1 aliphatic rings. The summed E-state index contributed by atoms with van der Waals surface area (Å²) in [5.74, 6) is 0. The maximum Gasteiger partial charge on any atom is 0.241 e. The van der Waals surface area contributed by atoms with E-state index in [1.54, 1.807) is 12.1 Å². The molecule has 1 aliphatic heterocycles. The Labute approximate surface area is 83.5 Å². The number of rotatable bonds is 0. The molecule has 2 rings (SSSR count). The summed E-state index contributed by atoms with van der Waals surface area (Å²) in [5.41, 5.74) is 1.84. The minimum absolute atomic E-state index is 0.374. The number of allylic oxidation sites excluding steroid dienone is 1. The lowest BCUT2D eigenvalue weighted by molar-refractivity contribution is 0.583. The Morgan fingerprint density at radius 2 is 2.07 bits per heavy atom. The van der Waals surface area contributed by atoms with E-state index in [4.69, 9.17) is 0 Å². The highest BCUT2D eigenvalue weighted by molar-refractivity contribution is 7.89. The number of hydrogen-bond donors (Lipinski definition) is 1. The Kier molecular flexibility index (Phi) is 2.17. The molecular formula is C10H11NO2S. The largest absolute Gasteiger partial charge is 0.241 e. The monoisotopic (exact) mass is 209 g/mol. The Balaban J connectivity index is 2.73. The van der Waals surface area contributed by atoms with Crippen LogP contribution in [0.5, 0.6) is 0 Å². The van der Waals surface area contributed by atoms with Crippen LogP contribution in [0.25, 0.3) is 5.57 Å². The van der Waals surface area contributed by atoms with Gasteiger partial charge in [0.25, 0.3) is 0 Å². The van der Waals surface area contributed by atoms with E-state index in [1.165, 1.54) is 0 Å². The van der Waals surface area contributed by atoms with Gasteiger partial charge < -0.3 is 0 Å². The molecule has 74 valence electrons. The molecule has 1 aromatic carbocycles. The zero-order chi connectivity index (χ0) is 10.2. The highest BCUT2D eigenvalue weighted by atomic mass is 32.2. The molecule has 1 heterocycles. The molecule has 1 aromatic rings. The van der Waals surface area contributed by atoms with Gasteiger partial charge in [0, 0.05) is 6.54 Å². The maximum absolute atomic E-state index is 11.6. The highest BCUT2D eigenvalue weighted by Crippen LogP contribution is 2.26. The molecule has 14 heavy (non-hydrogen) atoms. The molecule has 0 bridgehead atoms. The second-order valence-corrected chi connectivity index (χ2v) is 4.87. The number of hydrogen-bond acceptors (Lipinski definition) is 2. The van der Waals surface area contributed by atoms with Crippen molar-refractivity contribution < 1.29 is 8.42 Å². The minimum Gasteiger partial charge on any atom is -0.207 e. The molecule has 0 amide bonds. The van der Waals surface area contributed by atoms with E-state index >= 15 is 0 Å². The van der Waals surface area contributed by atoms with Crippen molar-refractivity contribution in [1.82, 2.24) is 4.72 Å². The second kappa shape index (κ2) is 3.22. The van der Waals surface area contributed by atoms with Gasteiger partial charge in [-0.2, -0.15) is 0 Å². The average molecular weight is 209 g/mol. The molecule has 0 fully saturated rings. The van der Waals surface area contributed by atoms with Gasteiger partial charge in [0.2, 0.25) is 10.0 Å². The van der Waals surface area contributed by atoms with Gasteiger partial charge in [0.1, 0.15) is 0 Å². The molecule has 0 radical (unpaired) electrons. The Morgan fingerprint density at radius 3 is 2.79 bits per heavy atom. The topological polar surface area (TPSA) is 46.2 Å². The normalized spacial score (nSPS) is 21.9. The Morgan fingerprint density at radius 1 is 1.36 bits per heavy atom. The Bertz CT molecular complexity index is 489. The zero-order valence-electron chi connectivity index (χ0n) is 7.82. The molecule has 0 aromatic heterocycles. The van der Waals surface area contributed by atoms with Gasteiger partial charge in [-0.05, 0) is 24.1 Å². The maximum atomic E-state index is 11.6. The van der Waals surface area contributed by atoms with E-state index in [1.807, 2.05) is 25.1 Å². The average Bonchev–Trinajstić information content (AvgIpc) is 2.18. The third-order valence-corrected chi connectivity index (χ3v) is 3.78. The molecule has 0 atom stereocenters. The van der Waals surface area contributed by atoms with Gasteiger partial charge in [-0.25, -0.2) is 13.1 Å². The van der Waals surface area contributed by atoms with Crippen molar-refractivity contribution in [2.24, 2.45) is 0 Å². The van der Waals surface area contributed by atoms with Crippen molar-refractivity contribution in [2.45, 2.75) is 11.8 Å². The lowest BCUT2D eigenvalue weighted by Crippen LogP contribution is -2.30. The van der Waals surface area contributed by atoms with Crippen molar-refractivity contribution in [3.8, 4) is 0 Å². The predicted octanol–water partition coefficient (Wildman–Crippen LogP) is 1.38. The van der Waals surface area contributed by atoms with Crippen LogP contribution in [0.15, 0.2) is 35.2 Å². The summed E-state index contributed by atoms with van der Waals surface area (Å²) in [5, 5.41) is 0. The summed E-state index contributed by atoms with van der Waals surface area (Å²) in [7, 11) is -3.28. The number of nitrogens with one attached hydrogen (secondary N) is 1. The Hall–Kier alpha value is -1.13. The SMILES string of the molecule is C/C=C1/CNS(=O)(=O)c2ccccc21. The predicted molar refractivity (Wildman–Crippen MR) is 55.3 cm³/mol. The molecule has 0 spiro atoms. The van der Waals surface area contributed by atoms with Crippen molar-refractivity contribution >= 4 is 15.6 Å². The summed E-state index contributed by atoms with van der Waals surface area (Å²) in [4.78, 5) is 0.374. The van der Waals surface area contributed by atoms with E-state index in [0.717, 1.165) is 11.1 Å².